The molecule has 1 N–H and O–H groups in total. The monoisotopic (exact) mass is 262 g/mol. The van der Waals surface area contributed by atoms with Crippen molar-refractivity contribution >= 4 is 17.8 Å². The molecule has 100 valence electrons. The summed E-state index contributed by atoms with van der Waals surface area (Å²) < 4.78 is 5.06. The number of amides is 2. The Morgan fingerprint density at radius 3 is 3.00 bits per heavy atom. The highest BCUT2D eigenvalue weighted by Gasteiger charge is 2.51. The fourth-order valence-corrected chi connectivity index (χ4v) is 2.66. The van der Waals surface area contributed by atoms with Crippen molar-refractivity contribution < 1.29 is 14.3 Å². The van der Waals surface area contributed by atoms with E-state index in [0.29, 0.717) is 31.3 Å². The second-order valence-electron chi connectivity index (χ2n) is 4.90. The number of anilines is 1. The smallest absolute Gasteiger partial charge is 0.235 e. The summed E-state index contributed by atoms with van der Waals surface area (Å²) in [5, 5.41) is 2.37. The third-order valence-corrected chi connectivity index (χ3v) is 3.70. The van der Waals surface area contributed by atoms with Crippen molar-refractivity contribution in [2.75, 3.05) is 25.1 Å². The van der Waals surface area contributed by atoms with E-state index in [-0.39, 0.29) is 18.2 Å². The van der Waals surface area contributed by atoms with Gasteiger partial charge >= 0.3 is 0 Å². The van der Waals surface area contributed by atoms with Crippen LogP contribution in [0.3, 0.4) is 0 Å². The van der Waals surface area contributed by atoms with E-state index in [0.717, 1.165) is 0 Å². The highest BCUT2D eigenvalue weighted by Crippen LogP contribution is 2.38. The van der Waals surface area contributed by atoms with Gasteiger partial charge in [0.15, 0.2) is 0 Å². The average Bonchev–Trinajstić information content (AvgIpc) is 2.95. The first-order valence-corrected chi connectivity index (χ1v) is 6.09. The molecule has 0 saturated carbocycles. The van der Waals surface area contributed by atoms with E-state index >= 15 is 0 Å². The fourth-order valence-electron chi connectivity index (χ4n) is 2.66. The van der Waals surface area contributed by atoms with Crippen LogP contribution in [0.4, 0.5) is 5.95 Å². The van der Waals surface area contributed by atoms with Crippen molar-refractivity contribution in [2.45, 2.75) is 12.8 Å². The lowest BCUT2D eigenvalue weighted by atomic mass is 9.85. The first kappa shape index (κ1) is 11.9. The molecule has 3 heterocycles. The van der Waals surface area contributed by atoms with Gasteiger partial charge in [0.25, 0.3) is 0 Å². The molecule has 0 radical (unpaired) electrons. The third-order valence-electron chi connectivity index (χ3n) is 3.70. The lowest BCUT2D eigenvalue weighted by Gasteiger charge is -2.20. The van der Waals surface area contributed by atoms with Gasteiger partial charge in [-0.15, -0.1) is 0 Å². The van der Waals surface area contributed by atoms with Crippen LogP contribution in [0.1, 0.15) is 12.8 Å². The second-order valence-corrected chi connectivity index (χ2v) is 4.90. The summed E-state index contributed by atoms with van der Waals surface area (Å²) in [6.45, 7) is 1.13. The number of hydrogen-bond donors (Lipinski definition) is 1. The van der Waals surface area contributed by atoms with Crippen LogP contribution in [0, 0.1) is 5.41 Å². The zero-order valence-corrected chi connectivity index (χ0v) is 10.5. The second kappa shape index (κ2) is 4.18. The van der Waals surface area contributed by atoms with Gasteiger partial charge in [-0.3, -0.25) is 14.9 Å². The molecule has 0 bridgehead atoms. The number of carbonyl (C=O) groups is 2. The summed E-state index contributed by atoms with van der Waals surface area (Å²) in [5.41, 5.74) is -0.608. The topological polar surface area (TPSA) is 84.4 Å². The van der Waals surface area contributed by atoms with E-state index in [4.69, 9.17) is 4.74 Å². The molecule has 1 spiro atoms. The van der Waals surface area contributed by atoms with Gasteiger partial charge in [-0.05, 0) is 6.42 Å². The van der Waals surface area contributed by atoms with Crippen molar-refractivity contribution in [2.24, 2.45) is 5.41 Å². The Bertz CT molecular complexity index is 548. The molecular formula is C12H14N4O3. The number of carbonyl (C=O) groups excluding carboxylic acids is 2. The molecule has 7 nitrogen and oxygen atoms in total. The first-order valence-electron chi connectivity index (χ1n) is 6.09. The molecule has 2 aliphatic rings. The Hall–Kier alpha value is -2.18. The summed E-state index contributed by atoms with van der Waals surface area (Å²) >= 11 is 0. The van der Waals surface area contributed by atoms with Crippen LogP contribution in [-0.2, 0) is 9.59 Å². The SMILES string of the molecule is COc1ccnc(N2CC[C@@]3(CC(=O)NC3=O)C2)n1. The molecule has 1 aromatic heterocycles. The molecule has 2 aliphatic heterocycles. The predicted octanol–water partition coefficient (Wildman–Crippen LogP) is -0.272. The third kappa shape index (κ3) is 1.91. The van der Waals surface area contributed by atoms with Gasteiger partial charge in [-0.2, -0.15) is 4.98 Å². The molecule has 3 rings (SSSR count). The van der Waals surface area contributed by atoms with E-state index in [2.05, 4.69) is 15.3 Å². The maximum absolute atomic E-state index is 11.9. The number of methoxy groups -OCH3 is 1. The molecule has 0 unspecified atom stereocenters. The van der Waals surface area contributed by atoms with Crippen LogP contribution in [-0.4, -0.2) is 42.0 Å². The lowest BCUT2D eigenvalue weighted by Crippen LogP contribution is -2.35. The van der Waals surface area contributed by atoms with Gasteiger partial charge in [0.2, 0.25) is 23.6 Å². The standard InChI is InChI=1S/C12H14N4O3/c1-19-9-2-4-13-11(15-9)16-5-3-12(7-16)6-8(17)14-10(12)18/h2,4H,3,5-7H2,1H3,(H,14,17,18)/t12-/m1/s1. The summed E-state index contributed by atoms with van der Waals surface area (Å²) in [4.78, 5) is 33.6. The minimum Gasteiger partial charge on any atom is -0.481 e. The summed E-state index contributed by atoms with van der Waals surface area (Å²) in [5.74, 6) is 0.641. The van der Waals surface area contributed by atoms with Crippen molar-refractivity contribution in [3.63, 3.8) is 0 Å². The normalized spacial score (nSPS) is 26.1. The minimum absolute atomic E-state index is 0.178. The number of ether oxygens (including phenoxy) is 1. The fraction of sp³-hybridized carbons (Fsp3) is 0.500. The molecule has 1 aromatic rings. The number of aromatic nitrogens is 2. The highest BCUT2D eigenvalue weighted by atomic mass is 16.5. The zero-order chi connectivity index (χ0) is 13.5. The van der Waals surface area contributed by atoms with Crippen molar-refractivity contribution in [1.29, 1.82) is 0 Å². The largest absolute Gasteiger partial charge is 0.481 e. The molecule has 19 heavy (non-hydrogen) atoms. The molecule has 0 aliphatic carbocycles. The first-order chi connectivity index (χ1) is 9.13. The maximum Gasteiger partial charge on any atom is 0.235 e. The van der Waals surface area contributed by atoms with E-state index < -0.39 is 5.41 Å². The van der Waals surface area contributed by atoms with Gasteiger partial charge in [0.1, 0.15) is 0 Å². The van der Waals surface area contributed by atoms with Crippen LogP contribution in [0.2, 0.25) is 0 Å². The molecule has 7 heteroatoms. The molecule has 1 atom stereocenters. The van der Waals surface area contributed by atoms with Crippen LogP contribution in [0.5, 0.6) is 5.88 Å². The molecule has 2 amide bonds. The van der Waals surface area contributed by atoms with Crippen molar-refractivity contribution in [3.05, 3.63) is 12.3 Å². The van der Waals surface area contributed by atoms with Crippen LogP contribution in [0.15, 0.2) is 12.3 Å². The quantitative estimate of drug-likeness (QED) is 0.738. The molecule has 0 aromatic carbocycles. The predicted molar refractivity (Wildman–Crippen MR) is 65.6 cm³/mol. The van der Waals surface area contributed by atoms with Crippen molar-refractivity contribution in [1.82, 2.24) is 15.3 Å². The number of hydrogen-bond acceptors (Lipinski definition) is 6. The Morgan fingerprint density at radius 2 is 2.32 bits per heavy atom. The van der Waals surface area contributed by atoms with E-state index in [1.54, 1.807) is 19.4 Å². The van der Waals surface area contributed by atoms with E-state index in [9.17, 15) is 9.59 Å². The lowest BCUT2D eigenvalue weighted by molar-refractivity contribution is -0.127. The number of nitrogens with zero attached hydrogens (tertiary/aromatic N) is 3. The zero-order valence-electron chi connectivity index (χ0n) is 10.5. The van der Waals surface area contributed by atoms with Crippen LogP contribution < -0.4 is 15.0 Å². The van der Waals surface area contributed by atoms with Gasteiger partial charge in [0, 0.05) is 31.8 Å². The number of rotatable bonds is 2. The van der Waals surface area contributed by atoms with Gasteiger partial charge in [0.05, 0.1) is 12.5 Å². The summed E-state index contributed by atoms with van der Waals surface area (Å²) in [6, 6.07) is 1.67. The van der Waals surface area contributed by atoms with Crippen LogP contribution in [0.25, 0.3) is 0 Å². The highest BCUT2D eigenvalue weighted by molar-refractivity contribution is 6.06. The van der Waals surface area contributed by atoms with Crippen molar-refractivity contribution in [3.8, 4) is 5.88 Å². The summed E-state index contributed by atoms with van der Waals surface area (Å²) in [6.07, 6.45) is 2.52. The van der Waals surface area contributed by atoms with Gasteiger partial charge in [-0.1, -0.05) is 0 Å². The molecule has 2 saturated heterocycles. The molecule has 2 fully saturated rings. The maximum atomic E-state index is 11.9. The Balaban J connectivity index is 1.82. The van der Waals surface area contributed by atoms with Gasteiger partial charge in [-0.25, -0.2) is 4.98 Å². The van der Waals surface area contributed by atoms with Gasteiger partial charge < -0.3 is 9.64 Å². The number of imide groups is 1. The van der Waals surface area contributed by atoms with E-state index in [1.165, 1.54) is 0 Å². The number of nitrogens with one attached hydrogen (secondary N) is 1. The Labute approximate surface area is 110 Å². The Kier molecular flexibility index (Phi) is 2.62. The average molecular weight is 262 g/mol. The summed E-state index contributed by atoms with van der Waals surface area (Å²) in [7, 11) is 1.54. The Morgan fingerprint density at radius 1 is 1.47 bits per heavy atom. The molecular weight excluding hydrogens is 248 g/mol. The van der Waals surface area contributed by atoms with E-state index in [1.807, 2.05) is 4.90 Å². The van der Waals surface area contributed by atoms with Crippen LogP contribution >= 0.6 is 0 Å². The minimum atomic E-state index is -0.608.